The smallest absolute Gasteiger partial charge is 0.317 e. The van der Waals surface area contributed by atoms with Crippen molar-refractivity contribution < 1.29 is 14.0 Å². The van der Waals surface area contributed by atoms with Crippen LogP contribution in [0.2, 0.25) is 0 Å². The molecule has 1 aliphatic heterocycles. The summed E-state index contributed by atoms with van der Waals surface area (Å²) < 4.78 is 15.0. The van der Waals surface area contributed by atoms with Gasteiger partial charge >= 0.3 is 6.03 Å². The second-order valence-corrected chi connectivity index (χ2v) is 7.26. The highest BCUT2D eigenvalue weighted by molar-refractivity contribution is 5.85. The van der Waals surface area contributed by atoms with Crippen LogP contribution in [0.1, 0.15) is 29.5 Å². The molecular formula is C22H26FN3O2. The first-order valence-corrected chi connectivity index (χ1v) is 9.56. The molecule has 1 heterocycles. The van der Waals surface area contributed by atoms with Gasteiger partial charge in [-0.25, -0.2) is 9.18 Å². The number of carbonyl (C=O) groups is 2. The van der Waals surface area contributed by atoms with Crippen molar-refractivity contribution >= 4 is 11.9 Å². The van der Waals surface area contributed by atoms with E-state index in [2.05, 4.69) is 10.6 Å². The molecule has 1 fully saturated rings. The fourth-order valence-corrected chi connectivity index (χ4v) is 3.22. The molecule has 3 rings (SSSR count). The van der Waals surface area contributed by atoms with Crippen molar-refractivity contribution in [1.29, 1.82) is 0 Å². The third kappa shape index (κ3) is 5.09. The highest BCUT2D eigenvalue weighted by Crippen LogP contribution is 2.27. The quantitative estimate of drug-likeness (QED) is 0.832. The predicted molar refractivity (Wildman–Crippen MR) is 106 cm³/mol. The van der Waals surface area contributed by atoms with Gasteiger partial charge < -0.3 is 15.5 Å². The fraction of sp³-hybridized carbons (Fsp3) is 0.364. The van der Waals surface area contributed by atoms with E-state index < -0.39 is 11.6 Å². The Kier molecular flexibility index (Phi) is 6.29. The van der Waals surface area contributed by atoms with E-state index in [0.717, 1.165) is 16.7 Å². The number of amides is 3. The van der Waals surface area contributed by atoms with Crippen LogP contribution in [0.25, 0.3) is 0 Å². The van der Waals surface area contributed by atoms with Gasteiger partial charge in [0.05, 0.1) is 0 Å². The van der Waals surface area contributed by atoms with Crippen molar-refractivity contribution in [2.45, 2.75) is 38.5 Å². The van der Waals surface area contributed by atoms with Crippen LogP contribution >= 0.6 is 0 Å². The summed E-state index contributed by atoms with van der Waals surface area (Å²) in [5, 5.41) is 5.53. The summed E-state index contributed by atoms with van der Waals surface area (Å²) in [4.78, 5) is 26.2. The lowest BCUT2D eigenvalue weighted by Gasteiger charge is -2.35. The number of halogens is 1. The van der Waals surface area contributed by atoms with Crippen LogP contribution < -0.4 is 10.6 Å². The average molecular weight is 383 g/mol. The van der Waals surface area contributed by atoms with Gasteiger partial charge in [0, 0.05) is 39.0 Å². The molecule has 0 saturated carbocycles. The Bertz CT molecular complexity index is 800. The largest absolute Gasteiger partial charge is 0.349 e. The molecule has 0 aliphatic carbocycles. The van der Waals surface area contributed by atoms with Gasteiger partial charge in [-0.3, -0.25) is 4.79 Å². The van der Waals surface area contributed by atoms with Gasteiger partial charge in [-0.2, -0.15) is 0 Å². The van der Waals surface area contributed by atoms with E-state index in [0.29, 0.717) is 13.1 Å². The lowest BCUT2D eigenvalue weighted by atomic mass is 9.92. The zero-order valence-electron chi connectivity index (χ0n) is 16.1. The molecule has 0 radical (unpaired) electrons. The van der Waals surface area contributed by atoms with Crippen LogP contribution in [0.5, 0.6) is 0 Å². The SMILES string of the molecule is Cc1ccc(CNC(=O)N2CCC(F)(C(=O)NCc3ccccc3)CC2)cc1. The molecule has 0 unspecified atom stereocenters. The maximum atomic E-state index is 15.0. The minimum Gasteiger partial charge on any atom is -0.349 e. The van der Waals surface area contributed by atoms with Gasteiger partial charge in [-0.05, 0) is 18.1 Å². The number of nitrogens with one attached hydrogen (secondary N) is 2. The molecule has 0 aromatic heterocycles. The summed E-state index contributed by atoms with van der Waals surface area (Å²) in [5.41, 5.74) is 1.17. The average Bonchev–Trinajstić information content (AvgIpc) is 2.72. The van der Waals surface area contributed by atoms with Crippen LogP contribution in [0.3, 0.4) is 0 Å². The van der Waals surface area contributed by atoms with Crippen molar-refractivity contribution in [1.82, 2.24) is 15.5 Å². The maximum Gasteiger partial charge on any atom is 0.317 e. The first kappa shape index (κ1) is 19.9. The summed E-state index contributed by atoms with van der Waals surface area (Å²) in [5.74, 6) is -0.601. The first-order valence-electron chi connectivity index (χ1n) is 9.56. The molecule has 2 aromatic rings. The predicted octanol–water partition coefficient (Wildman–Crippen LogP) is 3.33. The zero-order valence-corrected chi connectivity index (χ0v) is 16.1. The number of benzene rings is 2. The van der Waals surface area contributed by atoms with Gasteiger partial charge in [0.15, 0.2) is 5.67 Å². The maximum absolute atomic E-state index is 15.0. The monoisotopic (exact) mass is 383 g/mol. The number of hydrogen-bond donors (Lipinski definition) is 2. The Morgan fingerprint density at radius 3 is 2.14 bits per heavy atom. The van der Waals surface area contributed by atoms with Crippen molar-refractivity contribution in [2.24, 2.45) is 0 Å². The van der Waals surface area contributed by atoms with Gasteiger partial charge in [0.25, 0.3) is 5.91 Å². The number of nitrogens with zero attached hydrogens (tertiary/aromatic N) is 1. The molecule has 1 saturated heterocycles. The van der Waals surface area contributed by atoms with Crippen molar-refractivity contribution in [3.05, 3.63) is 71.3 Å². The Labute approximate surface area is 164 Å². The number of hydrogen-bond acceptors (Lipinski definition) is 2. The Morgan fingerprint density at radius 1 is 0.929 bits per heavy atom. The molecule has 0 atom stereocenters. The highest BCUT2D eigenvalue weighted by Gasteiger charge is 2.42. The molecule has 1 aliphatic rings. The number of carbonyl (C=O) groups excluding carboxylic acids is 2. The van der Waals surface area contributed by atoms with Crippen molar-refractivity contribution in [3.8, 4) is 0 Å². The second kappa shape index (κ2) is 8.87. The Morgan fingerprint density at radius 2 is 1.50 bits per heavy atom. The van der Waals surface area contributed by atoms with Gasteiger partial charge in [-0.15, -0.1) is 0 Å². The second-order valence-electron chi connectivity index (χ2n) is 7.26. The Hall–Kier alpha value is -2.89. The van der Waals surface area contributed by atoms with Gasteiger partial charge in [-0.1, -0.05) is 60.2 Å². The summed E-state index contributed by atoms with van der Waals surface area (Å²) in [6.45, 7) is 3.17. The minimum atomic E-state index is -1.93. The molecular weight excluding hydrogens is 357 g/mol. The molecule has 0 bridgehead atoms. The van der Waals surface area contributed by atoms with E-state index in [9.17, 15) is 9.59 Å². The van der Waals surface area contributed by atoms with E-state index in [1.807, 2.05) is 61.5 Å². The minimum absolute atomic E-state index is 0.00553. The molecule has 3 amide bonds. The molecule has 28 heavy (non-hydrogen) atoms. The topological polar surface area (TPSA) is 61.4 Å². The third-order valence-corrected chi connectivity index (χ3v) is 5.11. The number of likely N-dealkylation sites (tertiary alicyclic amines) is 1. The van der Waals surface area contributed by atoms with E-state index in [4.69, 9.17) is 0 Å². The van der Waals surface area contributed by atoms with Crippen LogP contribution in [0.15, 0.2) is 54.6 Å². The summed E-state index contributed by atoms with van der Waals surface area (Å²) in [7, 11) is 0. The number of urea groups is 1. The lowest BCUT2D eigenvalue weighted by Crippen LogP contribution is -2.53. The lowest BCUT2D eigenvalue weighted by molar-refractivity contribution is -0.135. The normalized spacial score (nSPS) is 15.7. The standard InChI is InChI=1S/C22H26FN3O2/c1-17-7-9-19(10-8-17)16-25-21(28)26-13-11-22(23,12-14-26)20(27)24-15-18-5-3-2-4-6-18/h2-10H,11-16H2,1H3,(H,24,27)(H,25,28). The van der Waals surface area contributed by atoms with Gasteiger partial charge in [0.1, 0.15) is 0 Å². The molecule has 5 nitrogen and oxygen atoms in total. The van der Waals surface area contributed by atoms with Crippen LogP contribution in [-0.4, -0.2) is 35.6 Å². The van der Waals surface area contributed by atoms with Crippen LogP contribution in [0, 0.1) is 6.92 Å². The number of piperidine rings is 1. The number of aryl methyl sites for hydroxylation is 1. The fourth-order valence-electron chi connectivity index (χ4n) is 3.22. The molecule has 148 valence electrons. The third-order valence-electron chi connectivity index (χ3n) is 5.11. The van der Waals surface area contributed by atoms with E-state index in [-0.39, 0.29) is 32.0 Å². The summed E-state index contributed by atoms with van der Waals surface area (Å²) >= 11 is 0. The number of alkyl halides is 1. The zero-order chi connectivity index (χ0) is 20.0. The first-order chi connectivity index (χ1) is 13.5. The summed E-state index contributed by atoms with van der Waals surface area (Å²) in [6.07, 6.45) is 0.0111. The van der Waals surface area contributed by atoms with Crippen LogP contribution in [-0.2, 0) is 17.9 Å². The highest BCUT2D eigenvalue weighted by atomic mass is 19.1. The molecule has 2 N–H and O–H groups in total. The van der Waals surface area contributed by atoms with Gasteiger partial charge in [0.2, 0.25) is 0 Å². The van der Waals surface area contributed by atoms with Crippen LogP contribution in [0.4, 0.5) is 9.18 Å². The molecule has 6 heteroatoms. The number of rotatable bonds is 5. The van der Waals surface area contributed by atoms with Crippen molar-refractivity contribution in [3.63, 3.8) is 0 Å². The van der Waals surface area contributed by atoms with E-state index in [1.54, 1.807) is 4.90 Å². The molecule has 0 spiro atoms. The van der Waals surface area contributed by atoms with Crippen molar-refractivity contribution in [2.75, 3.05) is 13.1 Å². The molecule has 2 aromatic carbocycles. The van der Waals surface area contributed by atoms with E-state index in [1.165, 1.54) is 0 Å². The Balaban J connectivity index is 1.45. The summed E-state index contributed by atoms with van der Waals surface area (Å²) in [6, 6.07) is 17.1. The van der Waals surface area contributed by atoms with E-state index >= 15 is 4.39 Å².